The molecule has 2 rings (SSSR count). The van der Waals surface area contributed by atoms with Crippen molar-refractivity contribution in [1.82, 2.24) is 25.5 Å². The molecule has 2 aromatic rings. The van der Waals surface area contributed by atoms with Crippen LogP contribution in [-0.4, -0.2) is 52.9 Å². The summed E-state index contributed by atoms with van der Waals surface area (Å²) in [4.78, 5) is 11.6. The van der Waals surface area contributed by atoms with E-state index in [1.807, 2.05) is 30.3 Å². The highest BCUT2D eigenvalue weighted by atomic mass is 16.5. The lowest BCUT2D eigenvalue weighted by Crippen LogP contribution is -2.32. The second-order valence-electron chi connectivity index (χ2n) is 3.95. The highest BCUT2D eigenvalue weighted by Crippen LogP contribution is 2.09. The van der Waals surface area contributed by atoms with Crippen LogP contribution in [0.15, 0.2) is 30.3 Å². The number of benzene rings is 1. The van der Waals surface area contributed by atoms with E-state index < -0.39 is 0 Å². The number of tetrazole rings is 1. The molecule has 1 aromatic carbocycles. The van der Waals surface area contributed by atoms with Crippen LogP contribution in [0, 0.1) is 0 Å². The highest BCUT2D eigenvalue weighted by molar-refractivity contribution is 5.80. The number of hydrogen-bond acceptors (Lipinski definition) is 6. The minimum atomic E-state index is -0.148. The van der Waals surface area contributed by atoms with Gasteiger partial charge in [-0.25, -0.2) is 0 Å². The Morgan fingerprint density at radius 3 is 2.90 bits per heavy atom. The van der Waals surface area contributed by atoms with Crippen molar-refractivity contribution in [3.63, 3.8) is 0 Å². The Labute approximate surface area is 116 Å². The van der Waals surface area contributed by atoms with E-state index in [0.717, 1.165) is 5.69 Å². The van der Waals surface area contributed by atoms with Gasteiger partial charge in [0.05, 0.1) is 18.8 Å². The van der Waals surface area contributed by atoms with Crippen molar-refractivity contribution in [2.75, 3.05) is 32.1 Å². The number of nitrogens with one attached hydrogen (secondary N) is 2. The van der Waals surface area contributed by atoms with E-state index >= 15 is 0 Å². The molecule has 8 heteroatoms. The number of amides is 1. The molecule has 0 atom stereocenters. The summed E-state index contributed by atoms with van der Waals surface area (Å²) >= 11 is 0. The lowest BCUT2D eigenvalue weighted by atomic mass is 10.3. The highest BCUT2D eigenvalue weighted by Gasteiger charge is 2.08. The van der Waals surface area contributed by atoms with E-state index in [4.69, 9.17) is 4.74 Å². The molecule has 106 valence electrons. The van der Waals surface area contributed by atoms with Crippen LogP contribution in [0.1, 0.15) is 0 Å². The normalized spacial score (nSPS) is 10.2. The number of anilines is 1. The van der Waals surface area contributed by atoms with Gasteiger partial charge in [-0.2, -0.15) is 4.68 Å². The minimum Gasteiger partial charge on any atom is -0.383 e. The molecule has 1 heterocycles. The Kier molecular flexibility index (Phi) is 5.01. The molecule has 0 saturated carbocycles. The van der Waals surface area contributed by atoms with E-state index in [1.54, 1.807) is 7.11 Å². The molecule has 0 radical (unpaired) electrons. The maximum Gasteiger partial charge on any atom is 0.248 e. The number of carbonyl (C=O) groups excluding carboxylic acids is 1. The zero-order valence-corrected chi connectivity index (χ0v) is 11.1. The minimum absolute atomic E-state index is 0.0942. The van der Waals surface area contributed by atoms with Crippen LogP contribution in [0.3, 0.4) is 0 Å². The van der Waals surface area contributed by atoms with Gasteiger partial charge in [0.2, 0.25) is 11.9 Å². The average Bonchev–Trinajstić information content (AvgIpc) is 2.95. The third-order valence-corrected chi connectivity index (χ3v) is 2.51. The quantitative estimate of drug-likeness (QED) is 0.682. The fourth-order valence-electron chi connectivity index (χ4n) is 1.55. The van der Waals surface area contributed by atoms with Crippen molar-refractivity contribution >= 4 is 11.9 Å². The third kappa shape index (κ3) is 3.75. The van der Waals surface area contributed by atoms with Gasteiger partial charge in [-0.3, -0.25) is 4.79 Å². The topological polar surface area (TPSA) is 94.0 Å². The van der Waals surface area contributed by atoms with Gasteiger partial charge in [0, 0.05) is 13.7 Å². The van der Waals surface area contributed by atoms with Crippen LogP contribution in [0.25, 0.3) is 5.69 Å². The molecule has 1 amide bonds. The number of nitrogens with zero attached hydrogens (tertiary/aromatic N) is 4. The number of carbonyl (C=O) groups is 1. The molecule has 1 aromatic heterocycles. The fraction of sp³-hybridized carbons (Fsp3) is 0.333. The molecule has 0 aliphatic carbocycles. The molecule has 0 fully saturated rings. The van der Waals surface area contributed by atoms with Gasteiger partial charge in [-0.1, -0.05) is 23.3 Å². The first-order chi connectivity index (χ1) is 9.81. The van der Waals surface area contributed by atoms with Gasteiger partial charge >= 0.3 is 0 Å². The standard InChI is InChI=1S/C12H16N6O2/c1-20-8-7-13-11(19)9-14-12-15-16-17-18(12)10-5-3-2-4-6-10/h2-6H,7-9H2,1H3,(H,13,19)(H,14,15,17). The van der Waals surface area contributed by atoms with Crippen LogP contribution in [-0.2, 0) is 9.53 Å². The molecule has 0 saturated heterocycles. The SMILES string of the molecule is COCCNC(=O)CNc1nnnn1-c1ccccc1. The average molecular weight is 276 g/mol. The maximum atomic E-state index is 11.6. The number of ether oxygens (including phenoxy) is 1. The zero-order chi connectivity index (χ0) is 14.2. The summed E-state index contributed by atoms with van der Waals surface area (Å²) in [7, 11) is 1.58. The summed E-state index contributed by atoms with van der Waals surface area (Å²) in [5.41, 5.74) is 0.819. The van der Waals surface area contributed by atoms with Crippen LogP contribution >= 0.6 is 0 Å². The van der Waals surface area contributed by atoms with E-state index in [1.165, 1.54) is 4.68 Å². The summed E-state index contributed by atoms with van der Waals surface area (Å²) in [6.45, 7) is 1.05. The van der Waals surface area contributed by atoms with Crippen molar-refractivity contribution in [2.24, 2.45) is 0 Å². The summed E-state index contributed by atoms with van der Waals surface area (Å²) in [6, 6.07) is 9.43. The van der Waals surface area contributed by atoms with Gasteiger partial charge in [-0.15, -0.1) is 0 Å². The zero-order valence-electron chi connectivity index (χ0n) is 11.1. The second kappa shape index (κ2) is 7.19. The molecule has 2 N–H and O–H groups in total. The molecule has 0 aliphatic heterocycles. The van der Waals surface area contributed by atoms with E-state index in [-0.39, 0.29) is 12.5 Å². The molecule has 0 unspecified atom stereocenters. The second-order valence-corrected chi connectivity index (χ2v) is 3.95. The van der Waals surface area contributed by atoms with Crippen molar-refractivity contribution < 1.29 is 9.53 Å². The molecule has 20 heavy (non-hydrogen) atoms. The number of methoxy groups -OCH3 is 1. The summed E-state index contributed by atoms with van der Waals surface area (Å²) in [5.74, 6) is 0.266. The molecule has 0 bridgehead atoms. The van der Waals surface area contributed by atoms with Crippen molar-refractivity contribution in [2.45, 2.75) is 0 Å². The van der Waals surface area contributed by atoms with Gasteiger partial charge in [0.1, 0.15) is 0 Å². The number of rotatable bonds is 7. The Balaban J connectivity index is 1.91. The lowest BCUT2D eigenvalue weighted by Gasteiger charge is -2.07. The van der Waals surface area contributed by atoms with Crippen LogP contribution in [0.4, 0.5) is 5.95 Å². The van der Waals surface area contributed by atoms with Crippen molar-refractivity contribution in [3.05, 3.63) is 30.3 Å². The number of para-hydroxylation sites is 1. The molecule has 0 aliphatic rings. The maximum absolute atomic E-state index is 11.6. The number of hydrogen-bond donors (Lipinski definition) is 2. The van der Waals surface area contributed by atoms with E-state index in [0.29, 0.717) is 19.1 Å². The Morgan fingerprint density at radius 2 is 2.15 bits per heavy atom. The molecule has 8 nitrogen and oxygen atoms in total. The van der Waals surface area contributed by atoms with Crippen molar-refractivity contribution in [3.8, 4) is 5.69 Å². The Hall–Kier alpha value is -2.48. The number of aromatic nitrogens is 4. The molecular formula is C12H16N6O2. The predicted octanol–water partition coefficient (Wildman–Crippen LogP) is -0.163. The largest absolute Gasteiger partial charge is 0.383 e. The third-order valence-electron chi connectivity index (χ3n) is 2.51. The first-order valence-electron chi connectivity index (χ1n) is 6.14. The van der Waals surface area contributed by atoms with Gasteiger partial charge in [0.25, 0.3) is 0 Å². The summed E-state index contributed by atoms with van der Waals surface area (Å²) < 4.78 is 6.38. The lowest BCUT2D eigenvalue weighted by molar-refractivity contribution is -0.119. The Bertz CT molecular complexity index is 542. The first kappa shape index (κ1) is 13.9. The predicted molar refractivity (Wildman–Crippen MR) is 72.5 cm³/mol. The fourth-order valence-corrected chi connectivity index (χ4v) is 1.55. The van der Waals surface area contributed by atoms with E-state index in [2.05, 4.69) is 26.2 Å². The summed E-state index contributed by atoms with van der Waals surface area (Å²) in [6.07, 6.45) is 0. The van der Waals surface area contributed by atoms with Gasteiger partial charge in [0.15, 0.2) is 0 Å². The van der Waals surface area contributed by atoms with Crippen LogP contribution in [0.5, 0.6) is 0 Å². The first-order valence-corrected chi connectivity index (χ1v) is 6.14. The van der Waals surface area contributed by atoms with Gasteiger partial charge < -0.3 is 15.4 Å². The molecular weight excluding hydrogens is 260 g/mol. The van der Waals surface area contributed by atoms with E-state index in [9.17, 15) is 4.79 Å². The smallest absolute Gasteiger partial charge is 0.248 e. The van der Waals surface area contributed by atoms with Crippen LogP contribution in [0.2, 0.25) is 0 Å². The Morgan fingerprint density at radius 1 is 1.35 bits per heavy atom. The molecule has 0 spiro atoms. The summed E-state index contributed by atoms with van der Waals surface area (Å²) in [5, 5.41) is 16.9. The van der Waals surface area contributed by atoms with Crippen molar-refractivity contribution in [1.29, 1.82) is 0 Å². The van der Waals surface area contributed by atoms with Gasteiger partial charge in [-0.05, 0) is 22.6 Å². The van der Waals surface area contributed by atoms with Crippen LogP contribution < -0.4 is 10.6 Å². The monoisotopic (exact) mass is 276 g/mol.